The number of thiophene rings is 1. The smallest absolute Gasteiger partial charge is 0.321 e. The number of hydrazone groups is 1. The van der Waals surface area contributed by atoms with E-state index in [0.717, 1.165) is 19.4 Å². The quantitative estimate of drug-likeness (QED) is 0.672. The number of amides is 3. The number of morpholine rings is 1. The normalized spacial score (nSPS) is 24.2. The van der Waals surface area contributed by atoms with Gasteiger partial charge in [-0.2, -0.15) is 5.10 Å². The van der Waals surface area contributed by atoms with E-state index in [4.69, 9.17) is 21.1 Å². The fraction of sp³-hybridized carbons (Fsp3) is 0.588. The summed E-state index contributed by atoms with van der Waals surface area (Å²) in [6.07, 6.45) is 3.57. The second-order valence-corrected chi connectivity index (χ2v) is 9.25. The highest BCUT2D eigenvalue weighted by Gasteiger charge is 2.30. The Balaban J connectivity index is 1.35. The molecule has 2 unspecified atom stereocenters. The number of hydrogen-bond acceptors (Lipinski definition) is 8. The first-order valence-electron chi connectivity index (χ1n) is 9.38. The summed E-state index contributed by atoms with van der Waals surface area (Å²) in [5, 5.41) is 10.6. The monoisotopic (exact) mass is 459 g/mol. The highest BCUT2D eigenvalue weighted by molar-refractivity contribution is 7.98. The van der Waals surface area contributed by atoms with E-state index in [2.05, 4.69) is 15.7 Å². The van der Waals surface area contributed by atoms with E-state index < -0.39 is 0 Å². The van der Waals surface area contributed by atoms with Gasteiger partial charge in [-0.05, 0) is 19.8 Å². The van der Waals surface area contributed by atoms with Gasteiger partial charge in [-0.3, -0.25) is 10.1 Å². The van der Waals surface area contributed by atoms with Gasteiger partial charge in [0.25, 0.3) is 5.91 Å². The van der Waals surface area contributed by atoms with Crippen LogP contribution in [0.3, 0.4) is 0 Å². The topological polar surface area (TPSA) is 95.5 Å². The molecule has 4 rings (SSSR count). The van der Waals surface area contributed by atoms with E-state index in [-0.39, 0.29) is 23.5 Å². The molecule has 158 valence electrons. The summed E-state index contributed by atoms with van der Waals surface area (Å²) in [6, 6.07) is -0.380. The summed E-state index contributed by atoms with van der Waals surface area (Å²) in [5.74, 6) is -0.134. The van der Waals surface area contributed by atoms with Crippen LogP contribution < -0.4 is 10.6 Å². The van der Waals surface area contributed by atoms with Crippen LogP contribution in [-0.4, -0.2) is 72.0 Å². The minimum absolute atomic E-state index is 0.0433. The van der Waals surface area contributed by atoms with Crippen molar-refractivity contribution >= 4 is 58.0 Å². The third-order valence-electron chi connectivity index (χ3n) is 4.76. The first-order valence-corrected chi connectivity index (χ1v) is 11.4. The van der Waals surface area contributed by atoms with Crippen LogP contribution in [0.25, 0.3) is 0 Å². The van der Waals surface area contributed by atoms with Crippen LogP contribution in [0.1, 0.15) is 28.1 Å². The Morgan fingerprint density at radius 3 is 2.83 bits per heavy atom. The molecule has 1 aromatic rings. The Bertz CT molecular complexity index is 808. The molecular weight excluding hydrogens is 438 g/mol. The van der Waals surface area contributed by atoms with Crippen LogP contribution in [-0.2, 0) is 9.47 Å². The van der Waals surface area contributed by atoms with E-state index in [1.807, 2.05) is 0 Å². The summed E-state index contributed by atoms with van der Waals surface area (Å²) < 4.78 is 12.7. The van der Waals surface area contributed by atoms with Gasteiger partial charge in [-0.1, -0.05) is 11.6 Å². The summed E-state index contributed by atoms with van der Waals surface area (Å²) >= 11 is 8.98. The van der Waals surface area contributed by atoms with Gasteiger partial charge in [0.2, 0.25) is 0 Å². The number of nitrogens with zero attached hydrogens (tertiary/aromatic N) is 3. The zero-order chi connectivity index (χ0) is 20.4. The molecule has 2 fully saturated rings. The van der Waals surface area contributed by atoms with Crippen molar-refractivity contribution in [2.45, 2.75) is 31.4 Å². The van der Waals surface area contributed by atoms with Gasteiger partial charge in [0.1, 0.15) is 15.3 Å². The summed E-state index contributed by atoms with van der Waals surface area (Å²) in [6.45, 7) is 4.63. The summed E-state index contributed by atoms with van der Waals surface area (Å²) in [7, 11) is 0. The molecule has 2 saturated heterocycles. The SMILES string of the molecule is Cc1c(NC(=O)NC2C=NN(C3CCCO3)S2)sc(C(=O)N2CCOCC2)c1Cl. The Morgan fingerprint density at radius 2 is 2.10 bits per heavy atom. The van der Waals surface area contributed by atoms with Crippen LogP contribution in [0.4, 0.5) is 9.80 Å². The molecule has 0 aromatic carbocycles. The lowest BCUT2D eigenvalue weighted by Gasteiger charge is -2.26. The summed E-state index contributed by atoms with van der Waals surface area (Å²) in [4.78, 5) is 27.3. The molecule has 0 radical (unpaired) electrons. The number of rotatable bonds is 4. The number of carbonyl (C=O) groups is 2. The van der Waals surface area contributed by atoms with Crippen molar-refractivity contribution in [3.05, 3.63) is 15.5 Å². The van der Waals surface area contributed by atoms with Gasteiger partial charge in [0.15, 0.2) is 6.23 Å². The highest BCUT2D eigenvalue weighted by Crippen LogP contribution is 2.37. The Kier molecular flexibility index (Phi) is 6.50. The molecule has 0 spiro atoms. The largest absolute Gasteiger partial charge is 0.378 e. The van der Waals surface area contributed by atoms with E-state index in [9.17, 15) is 9.59 Å². The minimum Gasteiger partial charge on any atom is -0.378 e. The number of urea groups is 1. The second-order valence-electron chi connectivity index (χ2n) is 6.76. The van der Waals surface area contributed by atoms with Gasteiger partial charge in [0, 0.05) is 37.2 Å². The maximum Gasteiger partial charge on any atom is 0.321 e. The van der Waals surface area contributed by atoms with E-state index in [0.29, 0.717) is 46.8 Å². The molecule has 9 nitrogen and oxygen atoms in total. The van der Waals surface area contributed by atoms with Crippen LogP contribution in [0, 0.1) is 6.92 Å². The number of halogens is 1. The van der Waals surface area contributed by atoms with Crippen molar-refractivity contribution in [3.8, 4) is 0 Å². The predicted octanol–water partition coefficient (Wildman–Crippen LogP) is 2.72. The van der Waals surface area contributed by atoms with Crippen molar-refractivity contribution in [1.82, 2.24) is 14.6 Å². The lowest BCUT2D eigenvalue weighted by atomic mass is 10.3. The van der Waals surface area contributed by atoms with Crippen LogP contribution in [0.2, 0.25) is 5.02 Å². The molecular formula is C17H22ClN5O4S2. The zero-order valence-corrected chi connectivity index (χ0v) is 18.2. The van der Waals surface area contributed by atoms with Crippen LogP contribution in [0.15, 0.2) is 5.10 Å². The van der Waals surface area contributed by atoms with E-state index in [1.165, 1.54) is 23.3 Å². The molecule has 12 heteroatoms. The van der Waals surface area contributed by atoms with Gasteiger partial charge in [-0.25, -0.2) is 9.21 Å². The zero-order valence-electron chi connectivity index (χ0n) is 15.9. The molecule has 3 aliphatic heterocycles. The second kappa shape index (κ2) is 9.09. The van der Waals surface area contributed by atoms with Crippen molar-refractivity contribution in [1.29, 1.82) is 0 Å². The first kappa shape index (κ1) is 20.7. The maximum atomic E-state index is 12.7. The molecule has 0 aliphatic carbocycles. The fourth-order valence-electron chi connectivity index (χ4n) is 3.17. The molecule has 2 atom stereocenters. The maximum absolute atomic E-state index is 12.7. The third-order valence-corrected chi connectivity index (χ3v) is 7.55. The minimum atomic E-state index is -0.380. The van der Waals surface area contributed by atoms with E-state index in [1.54, 1.807) is 22.5 Å². The molecule has 1 aromatic heterocycles. The average Bonchev–Trinajstić information content (AvgIpc) is 3.46. The van der Waals surface area contributed by atoms with Crippen molar-refractivity contribution in [2.75, 3.05) is 38.2 Å². The molecule has 4 heterocycles. The van der Waals surface area contributed by atoms with Crippen molar-refractivity contribution < 1.29 is 19.1 Å². The van der Waals surface area contributed by atoms with Crippen molar-refractivity contribution in [3.63, 3.8) is 0 Å². The highest BCUT2D eigenvalue weighted by atomic mass is 35.5. The summed E-state index contributed by atoms with van der Waals surface area (Å²) in [5.41, 5.74) is 0.678. The van der Waals surface area contributed by atoms with Gasteiger partial charge in [0.05, 0.1) is 24.5 Å². The number of hydrogen-bond donors (Lipinski definition) is 2. The third kappa shape index (κ3) is 4.64. The van der Waals surface area contributed by atoms with Gasteiger partial charge < -0.3 is 19.7 Å². The number of anilines is 1. The van der Waals surface area contributed by atoms with Crippen molar-refractivity contribution in [2.24, 2.45) is 5.10 Å². The standard InChI is InChI=1S/C17H22ClN5O4S2/c1-10-13(18)14(16(24)22-4-7-26-8-5-22)28-15(10)21-17(25)20-11-9-19-23(29-11)12-3-2-6-27-12/h9,11-12H,2-8H2,1H3,(H2,20,21,25). The Hall–Kier alpha value is -1.53. The van der Waals surface area contributed by atoms with E-state index >= 15 is 0 Å². The number of ether oxygens (including phenoxy) is 2. The van der Waals surface area contributed by atoms with Crippen LogP contribution >= 0.6 is 34.9 Å². The Labute approximate surface area is 181 Å². The molecule has 0 bridgehead atoms. The first-order chi connectivity index (χ1) is 14.0. The predicted molar refractivity (Wildman–Crippen MR) is 114 cm³/mol. The lowest BCUT2D eigenvalue weighted by Crippen LogP contribution is -2.40. The molecule has 0 saturated carbocycles. The van der Waals surface area contributed by atoms with Gasteiger partial charge in [-0.15, -0.1) is 11.3 Å². The number of nitrogens with one attached hydrogen (secondary N) is 2. The lowest BCUT2D eigenvalue weighted by molar-refractivity contribution is 0.0306. The Morgan fingerprint density at radius 1 is 1.31 bits per heavy atom. The molecule has 2 N–H and O–H groups in total. The fourth-order valence-corrected chi connectivity index (χ4v) is 5.49. The van der Waals surface area contributed by atoms with Crippen LogP contribution in [0.5, 0.6) is 0 Å². The molecule has 29 heavy (non-hydrogen) atoms. The van der Waals surface area contributed by atoms with Gasteiger partial charge >= 0.3 is 6.03 Å². The number of carbonyl (C=O) groups excluding carboxylic acids is 2. The molecule has 3 amide bonds. The molecule has 3 aliphatic rings. The average molecular weight is 460 g/mol.